The van der Waals surface area contributed by atoms with Gasteiger partial charge in [0.25, 0.3) is 0 Å². The number of carbonyl (C=O) groups excluding carboxylic acids is 1. The second kappa shape index (κ2) is 6.00. The minimum absolute atomic E-state index is 0.0189. The summed E-state index contributed by atoms with van der Waals surface area (Å²) in [5.74, 6) is -2.81. The smallest absolute Gasteiger partial charge is 0.341 e. The van der Waals surface area contributed by atoms with Crippen molar-refractivity contribution in [1.29, 1.82) is 0 Å². The minimum atomic E-state index is -1.00. The van der Waals surface area contributed by atoms with Gasteiger partial charge in [0.1, 0.15) is 18.2 Å². The van der Waals surface area contributed by atoms with Crippen LogP contribution in [0.25, 0.3) is 0 Å². The molecular weight excluding hydrogens is 332 g/mol. The van der Waals surface area contributed by atoms with Crippen molar-refractivity contribution < 1.29 is 18.3 Å². The van der Waals surface area contributed by atoms with Crippen molar-refractivity contribution in [3.05, 3.63) is 63.6 Å². The molecule has 0 atom stereocenters. The van der Waals surface area contributed by atoms with Crippen molar-refractivity contribution in [3.63, 3.8) is 0 Å². The molecule has 0 aliphatic heterocycles. The van der Waals surface area contributed by atoms with Crippen LogP contribution in [-0.2, 0) is 11.3 Å². The topological polar surface area (TPSA) is 52.3 Å². The van der Waals surface area contributed by atoms with E-state index in [1.165, 1.54) is 0 Å². The molecule has 0 radical (unpaired) electrons. The number of hydrogen-bond donors (Lipinski definition) is 1. The van der Waals surface area contributed by atoms with Crippen molar-refractivity contribution in [2.45, 2.75) is 6.61 Å². The summed E-state index contributed by atoms with van der Waals surface area (Å²) in [4.78, 5) is 11.7. The molecule has 0 aromatic heterocycles. The lowest BCUT2D eigenvalue weighted by molar-refractivity contribution is 0.0467. The summed E-state index contributed by atoms with van der Waals surface area (Å²) in [6.45, 7) is -0.0189. The van der Waals surface area contributed by atoms with Gasteiger partial charge in [-0.15, -0.1) is 0 Å². The normalized spacial score (nSPS) is 10.3. The molecule has 0 spiro atoms. The second-order valence-corrected chi connectivity index (χ2v) is 4.98. The first-order valence-corrected chi connectivity index (χ1v) is 6.43. The Bertz CT molecular complexity index is 662. The van der Waals surface area contributed by atoms with Crippen LogP contribution in [0.3, 0.4) is 0 Å². The molecule has 104 valence electrons. The molecule has 2 rings (SSSR count). The SMILES string of the molecule is Nc1cc(C(=O)OCc2cccc(Br)c2)c(F)cc1F. The third kappa shape index (κ3) is 3.33. The zero-order chi connectivity index (χ0) is 14.7. The van der Waals surface area contributed by atoms with Crippen molar-refractivity contribution in [3.8, 4) is 0 Å². The molecule has 0 bridgehead atoms. The van der Waals surface area contributed by atoms with Crippen LogP contribution in [0.4, 0.5) is 14.5 Å². The van der Waals surface area contributed by atoms with Gasteiger partial charge in [-0.2, -0.15) is 0 Å². The molecule has 0 amide bonds. The molecule has 0 saturated carbocycles. The maximum atomic E-state index is 13.5. The van der Waals surface area contributed by atoms with Crippen LogP contribution in [0.15, 0.2) is 40.9 Å². The zero-order valence-electron chi connectivity index (χ0n) is 10.2. The molecule has 0 heterocycles. The molecule has 0 aliphatic rings. The largest absolute Gasteiger partial charge is 0.457 e. The van der Waals surface area contributed by atoms with Crippen molar-refractivity contribution in [1.82, 2.24) is 0 Å². The monoisotopic (exact) mass is 341 g/mol. The lowest BCUT2D eigenvalue weighted by Crippen LogP contribution is -2.09. The number of esters is 1. The number of anilines is 1. The molecule has 6 heteroatoms. The summed E-state index contributed by atoms with van der Waals surface area (Å²) in [6.07, 6.45) is 0. The average Bonchev–Trinajstić information content (AvgIpc) is 2.40. The van der Waals surface area contributed by atoms with Crippen molar-refractivity contribution in [2.75, 3.05) is 5.73 Å². The first-order chi connectivity index (χ1) is 9.47. The highest BCUT2D eigenvalue weighted by molar-refractivity contribution is 9.10. The highest BCUT2D eigenvalue weighted by Gasteiger charge is 2.16. The Morgan fingerprint density at radius 2 is 1.95 bits per heavy atom. The van der Waals surface area contributed by atoms with E-state index in [0.29, 0.717) is 6.07 Å². The number of ether oxygens (including phenoxy) is 1. The summed E-state index contributed by atoms with van der Waals surface area (Å²) in [6, 6.07) is 8.62. The highest BCUT2D eigenvalue weighted by Crippen LogP contribution is 2.18. The summed E-state index contributed by atoms with van der Waals surface area (Å²) < 4.78 is 32.3. The quantitative estimate of drug-likeness (QED) is 0.684. The van der Waals surface area contributed by atoms with Crippen LogP contribution in [-0.4, -0.2) is 5.97 Å². The summed E-state index contributed by atoms with van der Waals surface area (Å²) >= 11 is 3.28. The molecule has 0 saturated heterocycles. The zero-order valence-corrected chi connectivity index (χ0v) is 11.8. The molecular formula is C14H10BrF2NO2. The van der Waals surface area contributed by atoms with E-state index in [-0.39, 0.29) is 17.9 Å². The Morgan fingerprint density at radius 1 is 1.20 bits per heavy atom. The standard InChI is InChI=1S/C14H10BrF2NO2/c15-9-3-1-2-8(4-9)7-20-14(19)10-5-13(18)12(17)6-11(10)16/h1-6H,7,18H2. The van der Waals surface area contributed by atoms with Gasteiger partial charge in [0.15, 0.2) is 0 Å². The number of carbonyl (C=O) groups is 1. The third-order valence-electron chi connectivity index (χ3n) is 2.57. The Hall–Kier alpha value is -1.95. The maximum absolute atomic E-state index is 13.5. The summed E-state index contributed by atoms with van der Waals surface area (Å²) in [5.41, 5.74) is 5.34. The van der Waals surface area contributed by atoms with E-state index in [2.05, 4.69) is 15.9 Å². The number of rotatable bonds is 3. The van der Waals surface area contributed by atoms with Gasteiger partial charge in [0.2, 0.25) is 0 Å². The molecule has 2 aromatic rings. The van der Waals surface area contributed by atoms with Crippen LogP contribution < -0.4 is 5.73 Å². The number of benzene rings is 2. The Balaban J connectivity index is 2.11. The third-order valence-corrected chi connectivity index (χ3v) is 3.06. The fourth-order valence-electron chi connectivity index (χ4n) is 1.58. The van der Waals surface area contributed by atoms with Crippen LogP contribution in [0.1, 0.15) is 15.9 Å². The van der Waals surface area contributed by atoms with Gasteiger partial charge in [-0.05, 0) is 23.8 Å². The number of nitrogens with two attached hydrogens (primary N) is 1. The van der Waals surface area contributed by atoms with E-state index in [1.54, 1.807) is 18.2 Å². The lowest BCUT2D eigenvalue weighted by atomic mass is 10.2. The Kier molecular flexibility index (Phi) is 4.34. The fraction of sp³-hybridized carbons (Fsp3) is 0.0714. The van der Waals surface area contributed by atoms with Crippen molar-refractivity contribution >= 4 is 27.6 Å². The molecule has 3 nitrogen and oxygen atoms in total. The Morgan fingerprint density at radius 3 is 2.65 bits per heavy atom. The predicted octanol–water partition coefficient (Wildman–Crippen LogP) is 3.67. The first-order valence-electron chi connectivity index (χ1n) is 5.63. The molecule has 0 fully saturated rings. The minimum Gasteiger partial charge on any atom is -0.457 e. The highest BCUT2D eigenvalue weighted by atomic mass is 79.9. The molecule has 2 N–H and O–H groups in total. The van der Waals surface area contributed by atoms with Crippen LogP contribution in [0, 0.1) is 11.6 Å². The summed E-state index contributed by atoms with van der Waals surface area (Å²) in [7, 11) is 0. The van der Waals surface area contributed by atoms with Crippen LogP contribution in [0.5, 0.6) is 0 Å². The number of halogens is 3. The van der Waals surface area contributed by atoms with E-state index >= 15 is 0 Å². The molecule has 2 aromatic carbocycles. The summed E-state index contributed by atoms with van der Waals surface area (Å²) in [5, 5.41) is 0. The Labute approximate surface area is 122 Å². The fourth-order valence-corrected chi connectivity index (χ4v) is 2.02. The van der Waals surface area contributed by atoms with Gasteiger partial charge in [-0.1, -0.05) is 28.1 Å². The van der Waals surface area contributed by atoms with E-state index in [9.17, 15) is 13.6 Å². The molecule has 0 unspecified atom stereocenters. The number of nitrogen functional groups attached to an aromatic ring is 1. The first kappa shape index (κ1) is 14.5. The molecule has 0 aliphatic carbocycles. The second-order valence-electron chi connectivity index (χ2n) is 4.06. The van der Waals surface area contributed by atoms with E-state index in [1.807, 2.05) is 6.07 Å². The van der Waals surface area contributed by atoms with Gasteiger partial charge in [0, 0.05) is 10.5 Å². The van der Waals surface area contributed by atoms with Gasteiger partial charge < -0.3 is 10.5 Å². The lowest BCUT2D eigenvalue weighted by Gasteiger charge is -2.07. The van der Waals surface area contributed by atoms with Crippen LogP contribution in [0.2, 0.25) is 0 Å². The van der Waals surface area contributed by atoms with Gasteiger partial charge in [-0.25, -0.2) is 13.6 Å². The number of hydrogen-bond acceptors (Lipinski definition) is 3. The van der Waals surface area contributed by atoms with E-state index < -0.39 is 17.6 Å². The van der Waals surface area contributed by atoms with Gasteiger partial charge >= 0.3 is 5.97 Å². The molecule has 20 heavy (non-hydrogen) atoms. The van der Waals surface area contributed by atoms with Crippen molar-refractivity contribution in [2.24, 2.45) is 0 Å². The van der Waals surface area contributed by atoms with E-state index in [4.69, 9.17) is 10.5 Å². The van der Waals surface area contributed by atoms with E-state index in [0.717, 1.165) is 16.1 Å². The van der Waals surface area contributed by atoms with Gasteiger partial charge in [0.05, 0.1) is 11.3 Å². The van der Waals surface area contributed by atoms with Crippen LogP contribution >= 0.6 is 15.9 Å². The van der Waals surface area contributed by atoms with Gasteiger partial charge in [-0.3, -0.25) is 0 Å². The average molecular weight is 342 g/mol. The maximum Gasteiger partial charge on any atom is 0.341 e. The predicted molar refractivity (Wildman–Crippen MR) is 74.0 cm³/mol.